The number of nitrogens with zero attached hydrogens (tertiary/aromatic N) is 4. The summed E-state index contributed by atoms with van der Waals surface area (Å²) in [6, 6.07) is 8.09. The predicted octanol–water partition coefficient (Wildman–Crippen LogP) is 3.09. The van der Waals surface area contributed by atoms with Gasteiger partial charge in [-0.2, -0.15) is 10.1 Å². The van der Waals surface area contributed by atoms with Gasteiger partial charge in [-0.3, -0.25) is 0 Å². The van der Waals surface area contributed by atoms with Gasteiger partial charge in [-0.25, -0.2) is 9.67 Å². The molecule has 0 saturated heterocycles. The maximum absolute atomic E-state index is 5.90. The highest BCUT2D eigenvalue weighted by Crippen LogP contribution is 2.20. The first-order valence-corrected chi connectivity index (χ1v) is 5.98. The van der Waals surface area contributed by atoms with Crippen molar-refractivity contribution in [2.45, 2.75) is 13.8 Å². The van der Waals surface area contributed by atoms with E-state index in [9.17, 15) is 0 Å². The first-order chi connectivity index (χ1) is 8.65. The Bertz CT molecular complexity index is 716. The Labute approximate surface area is 109 Å². The highest BCUT2D eigenvalue weighted by atomic mass is 35.5. The number of benzene rings is 1. The molecular formula is C13H11ClN4. The van der Waals surface area contributed by atoms with Crippen LogP contribution in [0.3, 0.4) is 0 Å². The third-order valence-electron chi connectivity index (χ3n) is 2.87. The molecule has 0 unspecified atom stereocenters. The molecule has 2 aromatic heterocycles. The van der Waals surface area contributed by atoms with Gasteiger partial charge in [0.15, 0.2) is 5.65 Å². The van der Waals surface area contributed by atoms with Crippen LogP contribution in [0.4, 0.5) is 0 Å². The molecule has 0 amide bonds. The van der Waals surface area contributed by atoms with E-state index in [-0.39, 0.29) is 5.28 Å². The van der Waals surface area contributed by atoms with E-state index in [1.54, 1.807) is 10.9 Å². The molecule has 0 radical (unpaired) electrons. The van der Waals surface area contributed by atoms with Crippen molar-refractivity contribution in [3.63, 3.8) is 0 Å². The fourth-order valence-corrected chi connectivity index (χ4v) is 2.10. The van der Waals surface area contributed by atoms with Crippen molar-refractivity contribution in [3.05, 3.63) is 47.0 Å². The van der Waals surface area contributed by atoms with E-state index in [4.69, 9.17) is 11.6 Å². The van der Waals surface area contributed by atoms with Crippen molar-refractivity contribution in [1.29, 1.82) is 0 Å². The van der Waals surface area contributed by atoms with Gasteiger partial charge < -0.3 is 0 Å². The zero-order valence-corrected chi connectivity index (χ0v) is 10.8. The van der Waals surface area contributed by atoms with Crippen LogP contribution in [0, 0.1) is 13.8 Å². The SMILES string of the molecule is Cc1ccc(-n2ncc3c(C)nc(Cl)nc32)cc1. The molecular weight excluding hydrogens is 248 g/mol. The van der Waals surface area contributed by atoms with Gasteiger partial charge in [-0.05, 0) is 37.6 Å². The first-order valence-electron chi connectivity index (χ1n) is 5.60. The molecule has 3 rings (SSSR count). The second-order valence-corrected chi connectivity index (χ2v) is 4.55. The second kappa shape index (κ2) is 4.07. The fraction of sp³-hybridized carbons (Fsp3) is 0.154. The van der Waals surface area contributed by atoms with Crippen molar-refractivity contribution in [1.82, 2.24) is 19.7 Å². The average Bonchev–Trinajstić information content (AvgIpc) is 2.74. The maximum atomic E-state index is 5.90. The van der Waals surface area contributed by atoms with E-state index in [1.165, 1.54) is 5.56 Å². The Balaban J connectivity index is 2.27. The molecule has 0 aliphatic heterocycles. The number of aromatic nitrogens is 4. The maximum Gasteiger partial charge on any atom is 0.224 e. The molecule has 0 fully saturated rings. The number of rotatable bonds is 1. The van der Waals surface area contributed by atoms with Crippen LogP contribution in [0.5, 0.6) is 0 Å². The largest absolute Gasteiger partial charge is 0.224 e. The average molecular weight is 259 g/mol. The monoisotopic (exact) mass is 258 g/mol. The summed E-state index contributed by atoms with van der Waals surface area (Å²) < 4.78 is 1.77. The Kier molecular flexibility index (Phi) is 2.52. The van der Waals surface area contributed by atoms with Crippen molar-refractivity contribution in [3.8, 4) is 5.69 Å². The highest BCUT2D eigenvalue weighted by molar-refractivity contribution is 6.28. The van der Waals surface area contributed by atoms with Crippen LogP contribution in [0.2, 0.25) is 5.28 Å². The van der Waals surface area contributed by atoms with Gasteiger partial charge >= 0.3 is 0 Å². The van der Waals surface area contributed by atoms with E-state index >= 15 is 0 Å². The Morgan fingerprint density at radius 3 is 2.50 bits per heavy atom. The van der Waals surface area contributed by atoms with Crippen molar-refractivity contribution >= 4 is 22.6 Å². The zero-order chi connectivity index (χ0) is 12.7. The van der Waals surface area contributed by atoms with Gasteiger partial charge in [0.1, 0.15) is 0 Å². The van der Waals surface area contributed by atoms with Crippen LogP contribution in [0.1, 0.15) is 11.3 Å². The van der Waals surface area contributed by atoms with Gasteiger partial charge in [0.25, 0.3) is 0 Å². The molecule has 0 aliphatic rings. The van der Waals surface area contributed by atoms with E-state index in [2.05, 4.69) is 15.1 Å². The van der Waals surface area contributed by atoms with Crippen LogP contribution < -0.4 is 0 Å². The Hall–Kier alpha value is -1.94. The topological polar surface area (TPSA) is 43.6 Å². The lowest BCUT2D eigenvalue weighted by molar-refractivity contribution is 0.894. The number of fused-ring (bicyclic) bond motifs is 1. The molecule has 90 valence electrons. The minimum Gasteiger partial charge on any atom is -0.222 e. The van der Waals surface area contributed by atoms with Gasteiger partial charge in [0, 0.05) is 0 Å². The minimum atomic E-state index is 0.244. The molecule has 1 aromatic carbocycles. The summed E-state index contributed by atoms with van der Waals surface area (Å²) in [6.45, 7) is 3.95. The van der Waals surface area contributed by atoms with Crippen molar-refractivity contribution in [2.24, 2.45) is 0 Å². The smallest absolute Gasteiger partial charge is 0.222 e. The van der Waals surface area contributed by atoms with Crippen LogP contribution >= 0.6 is 11.6 Å². The van der Waals surface area contributed by atoms with E-state index in [1.807, 2.05) is 38.1 Å². The summed E-state index contributed by atoms with van der Waals surface area (Å²) in [7, 11) is 0. The molecule has 5 heteroatoms. The molecule has 2 heterocycles. The number of halogens is 1. The lowest BCUT2D eigenvalue weighted by Crippen LogP contribution is -1.98. The minimum absolute atomic E-state index is 0.244. The third-order valence-corrected chi connectivity index (χ3v) is 3.04. The predicted molar refractivity (Wildman–Crippen MR) is 71.1 cm³/mol. The van der Waals surface area contributed by atoms with Gasteiger partial charge in [-0.1, -0.05) is 17.7 Å². The molecule has 4 nitrogen and oxygen atoms in total. The standard InChI is InChI=1S/C13H11ClN4/c1-8-3-5-10(6-4-8)18-12-11(7-15-18)9(2)16-13(14)17-12/h3-7H,1-2H3. The van der Waals surface area contributed by atoms with Crippen molar-refractivity contribution < 1.29 is 0 Å². The van der Waals surface area contributed by atoms with Crippen LogP contribution in [0.25, 0.3) is 16.7 Å². The quantitative estimate of drug-likeness (QED) is 0.630. The van der Waals surface area contributed by atoms with Gasteiger partial charge in [-0.15, -0.1) is 0 Å². The Morgan fingerprint density at radius 1 is 1.06 bits per heavy atom. The molecule has 0 bridgehead atoms. The normalized spacial score (nSPS) is 11.1. The summed E-state index contributed by atoms with van der Waals surface area (Å²) in [6.07, 6.45) is 1.76. The van der Waals surface area contributed by atoms with Crippen LogP contribution in [-0.4, -0.2) is 19.7 Å². The number of hydrogen-bond acceptors (Lipinski definition) is 3. The summed E-state index contributed by atoms with van der Waals surface area (Å²) in [4.78, 5) is 8.37. The van der Waals surface area contributed by atoms with Crippen molar-refractivity contribution in [2.75, 3.05) is 0 Å². The summed E-state index contributed by atoms with van der Waals surface area (Å²) in [5, 5.41) is 5.51. The molecule has 0 atom stereocenters. The third kappa shape index (κ3) is 1.75. The molecule has 0 N–H and O–H groups in total. The lowest BCUT2D eigenvalue weighted by atomic mass is 10.2. The second-order valence-electron chi connectivity index (χ2n) is 4.21. The molecule has 0 spiro atoms. The summed E-state index contributed by atoms with van der Waals surface area (Å²) >= 11 is 5.90. The molecule has 18 heavy (non-hydrogen) atoms. The van der Waals surface area contributed by atoms with Gasteiger partial charge in [0.2, 0.25) is 5.28 Å². The molecule has 3 aromatic rings. The molecule has 0 aliphatic carbocycles. The summed E-state index contributed by atoms with van der Waals surface area (Å²) in [5.41, 5.74) is 3.74. The number of hydrogen-bond donors (Lipinski definition) is 0. The van der Waals surface area contributed by atoms with E-state index in [0.717, 1.165) is 22.4 Å². The van der Waals surface area contributed by atoms with E-state index < -0.39 is 0 Å². The van der Waals surface area contributed by atoms with Gasteiger partial charge in [0.05, 0.1) is 23.0 Å². The highest BCUT2D eigenvalue weighted by Gasteiger charge is 2.10. The first kappa shape index (κ1) is 11.2. The fourth-order valence-electron chi connectivity index (χ4n) is 1.89. The van der Waals surface area contributed by atoms with Crippen LogP contribution in [0.15, 0.2) is 30.5 Å². The number of aryl methyl sites for hydroxylation is 2. The zero-order valence-electron chi connectivity index (χ0n) is 10.1. The Morgan fingerprint density at radius 2 is 1.78 bits per heavy atom. The van der Waals surface area contributed by atoms with Crippen LogP contribution in [-0.2, 0) is 0 Å². The summed E-state index contributed by atoms with van der Waals surface area (Å²) in [5.74, 6) is 0. The molecule has 0 saturated carbocycles. The van der Waals surface area contributed by atoms with E-state index in [0.29, 0.717) is 0 Å². The lowest BCUT2D eigenvalue weighted by Gasteiger charge is -2.03.